The molecule has 0 aliphatic heterocycles. The SMILES string of the molecule is CC(C)(C)OC(=O)NC1(COc2cccc(Br)c2F)CC1. The second kappa shape index (κ2) is 5.83. The predicted molar refractivity (Wildman–Crippen MR) is 80.9 cm³/mol. The van der Waals surface area contributed by atoms with Crippen molar-refractivity contribution in [1.82, 2.24) is 5.32 Å². The van der Waals surface area contributed by atoms with E-state index in [0.29, 0.717) is 4.47 Å². The van der Waals surface area contributed by atoms with Gasteiger partial charge in [-0.1, -0.05) is 6.07 Å². The van der Waals surface area contributed by atoms with Gasteiger partial charge in [0.1, 0.15) is 12.2 Å². The molecule has 4 nitrogen and oxygen atoms in total. The first-order chi connectivity index (χ1) is 9.71. The van der Waals surface area contributed by atoms with Gasteiger partial charge in [0.05, 0.1) is 10.0 Å². The van der Waals surface area contributed by atoms with E-state index in [1.54, 1.807) is 39.0 Å². The lowest BCUT2D eigenvalue weighted by molar-refractivity contribution is 0.0476. The van der Waals surface area contributed by atoms with Crippen LogP contribution in [0.2, 0.25) is 0 Å². The first kappa shape index (κ1) is 16.1. The smallest absolute Gasteiger partial charge is 0.408 e. The van der Waals surface area contributed by atoms with Crippen LogP contribution in [0.5, 0.6) is 5.75 Å². The minimum Gasteiger partial charge on any atom is -0.488 e. The highest BCUT2D eigenvalue weighted by atomic mass is 79.9. The van der Waals surface area contributed by atoms with Crippen molar-refractivity contribution in [2.75, 3.05) is 6.61 Å². The summed E-state index contributed by atoms with van der Waals surface area (Å²) in [5, 5.41) is 2.81. The lowest BCUT2D eigenvalue weighted by Gasteiger charge is -2.23. The van der Waals surface area contributed by atoms with Crippen molar-refractivity contribution in [3.05, 3.63) is 28.5 Å². The molecule has 0 unspecified atom stereocenters. The van der Waals surface area contributed by atoms with Crippen molar-refractivity contribution in [1.29, 1.82) is 0 Å². The summed E-state index contributed by atoms with van der Waals surface area (Å²) in [7, 11) is 0. The summed E-state index contributed by atoms with van der Waals surface area (Å²) in [5.41, 5.74) is -0.992. The predicted octanol–water partition coefficient (Wildman–Crippen LogP) is 4.02. The van der Waals surface area contributed by atoms with Crippen LogP contribution in [0.25, 0.3) is 0 Å². The third kappa shape index (κ3) is 4.59. The minimum absolute atomic E-state index is 0.168. The van der Waals surface area contributed by atoms with Gasteiger partial charge in [-0.05, 0) is 61.7 Å². The number of amides is 1. The average Bonchev–Trinajstić information content (AvgIpc) is 3.09. The second-order valence-electron chi connectivity index (χ2n) is 6.25. The van der Waals surface area contributed by atoms with Crippen LogP contribution in [-0.2, 0) is 4.74 Å². The maximum Gasteiger partial charge on any atom is 0.408 e. The third-order valence-corrected chi connectivity index (χ3v) is 3.65. The number of benzene rings is 1. The maximum absolute atomic E-state index is 13.8. The number of ether oxygens (including phenoxy) is 2. The van der Waals surface area contributed by atoms with E-state index in [0.717, 1.165) is 12.8 Å². The summed E-state index contributed by atoms with van der Waals surface area (Å²) in [6, 6.07) is 4.86. The van der Waals surface area contributed by atoms with E-state index in [9.17, 15) is 9.18 Å². The molecule has 21 heavy (non-hydrogen) atoms. The summed E-state index contributed by atoms with van der Waals surface area (Å²) in [5.74, 6) is -0.271. The van der Waals surface area contributed by atoms with Crippen LogP contribution >= 0.6 is 15.9 Å². The lowest BCUT2D eigenvalue weighted by Crippen LogP contribution is -2.44. The van der Waals surface area contributed by atoms with Crippen molar-refractivity contribution in [3.63, 3.8) is 0 Å². The zero-order chi connectivity index (χ0) is 15.7. The van der Waals surface area contributed by atoms with Gasteiger partial charge < -0.3 is 14.8 Å². The fourth-order valence-electron chi connectivity index (χ4n) is 1.79. The van der Waals surface area contributed by atoms with Crippen molar-refractivity contribution in [2.24, 2.45) is 0 Å². The molecule has 2 rings (SSSR count). The standard InChI is InChI=1S/C15H19BrFNO3/c1-14(2,3)21-13(19)18-15(7-8-15)9-20-11-6-4-5-10(16)12(11)17/h4-6H,7-9H2,1-3H3,(H,18,19). The normalized spacial score (nSPS) is 16.2. The molecular formula is C15H19BrFNO3. The maximum atomic E-state index is 13.8. The van der Waals surface area contributed by atoms with E-state index < -0.39 is 23.1 Å². The molecule has 0 radical (unpaired) electrons. The Balaban J connectivity index is 1.91. The number of rotatable bonds is 4. The topological polar surface area (TPSA) is 47.6 Å². The Kier molecular flexibility index (Phi) is 4.46. The first-order valence-corrected chi connectivity index (χ1v) is 7.58. The highest BCUT2D eigenvalue weighted by Crippen LogP contribution is 2.37. The molecule has 1 aromatic carbocycles. The molecule has 1 amide bonds. The number of carbonyl (C=O) groups excluding carboxylic acids is 1. The lowest BCUT2D eigenvalue weighted by atomic mass is 10.2. The molecule has 0 atom stereocenters. The number of hydrogen-bond acceptors (Lipinski definition) is 3. The van der Waals surface area contributed by atoms with Gasteiger partial charge in [0.2, 0.25) is 0 Å². The van der Waals surface area contributed by atoms with E-state index in [1.807, 2.05) is 0 Å². The zero-order valence-electron chi connectivity index (χ0n) is 12.3. The summed E-state index contributed by atoms with van der Waals surface area (Å²) < 4.78 is 24.9. The van der Waals surface area contributed by atoms with Gasteiger partial charge in [-0.15, -0.1) is 0 Å². The monoisotopic (exact) mass is 359 g/mol. The van der Waals surface area contributed by atoms with Crippen LogP contribution in [0.1, 0.15) is 33.6 Å². The van der Waals surface area contributed by atoms with Crippen LogP contribution in [0, 0.1) is 5.82 Å². The van der Waals surface area contributed by atoms with Crippen LogP contribution in [0.4, 0.5) is 9.18 Å². The van der Waals surface area contributed by atoms with Crippen molar-refractivity contribution < 1.29 is 18.7 Å². The molecule has 1 aliphatic rings. The second-order valence-corrected chi connectivity index (χ2v) is 7.10. The first-order valence-electron chi connectivity index (χ1n) is 6.79. The molecule has 0 heterocycles. The van der Waals surface area contributed by atoms with E-state index in [4.69, 9.17) is 9.47 Å². The Morgan fingerprint density at radius 1 is 1.43 bits per heavy atom. The highest BCUT2D eigenvalue weighted by Gasteiger charge is 2.46. The zero-order valence-corrected chi connectivity index (χ0v) is 13.9. The molecule has 0 spiro atoms. The molecule has 1 aromatic rings. The van der Waals surface area contributed by atoms with Crippen molar-refractivity contribution >= 4 is 22.0 Å². The number of alkyl carbamates (subject to hydrolysis) is 1. The molecular weight excluding hydrogens is 341 g/mol. The molecule has 1 N–H and O–H groups in total. The molecule has 1 aliphatic carbocycles. The van der Waals surface area contributed by atoms with Gasteiger partial charge in [0, 0.05) is 0 Å². The van der Waals surface area contributed by atoms with Gasteiger partial charge in [0.25, 0.3) is 0 Å². The van der Waals surface area contributed by atoms with E-state index >= 15 is 0 Å². The molecule has 1 fully saturated rings. The number of nitrogens with one attached hydrogen (secondary N) is 1. The molecule has 116 valence electrons. The summed E-state index contributed by atoms with van der Waals surface area (Å²) in [4.78, 5) is 11.8. The Morgan fingerprint density at radius 2 is 2.10 bits per heavy atom. The van der Waals surface area contributed by atoms with E-state index in [2.05, 4.69) is 21.2 Å². The fourth-order valence-corrected chi connectivity index (χ4v) is 2.14. The number of hydrogen-bond donors (Lipinski definition) is 1. The van der Waals surface area contributed by atoms with Crippen molar-refractivity contribution in [3.8, 4) is 5.75 Å². The number of halogens is 2. The fraction of sp³-hybridized carbons (Fsp3) is 0.533. The van der Waals surface area contributed by atoms with Crippen LogP contribution in [-0.4, -0.2) is 23.8 Å². The largest absolute Gasteiger partial charge is 0.488 e. The Bertz CT molecular complexity index is 538. The van der Waals surface area contributed by atoms with Gasteiger partial charge >= 0.3 is 6.09 Å². The summed E-state index contributed by atoms with van der Waals surface area (Å²) in [6.45, 7) is 5.64. The van der Waals surface area contributed by atoms with E-state index in [1.165, 1.54) is 0 Å². The third-order valence-electron chi connectivity index (χ3n) is 3.04. The quantitative estimate of drug-likeness (QED) is 0.882. The van der Waals surface area contributed by atoms with E-state index in [-0.39, 0.29) is 12.4 Å². The Labute approximate surface area is 132 Å². The number of carbonyl (C=O) groups is 1. The Morgan fingerprint density at radius 3 is 2.67 bits per heavy atom. The van der Waals surface area contributed by atoms with Crippen LogP contribution < -0.4 is 10.1 Å². The highest BCUT2D eigenvalue weighted by molar-refractivity contribution is 9.10. The molecule has 0 aromatic heterocycles. The molecule has 0 saturated heterocycles. The van der Waals surface area contributed by atoms with Gasteiger partial charge in [-0.2, -0.15) is 0 Å². The van der Waals surface area contributed by atoms with Crippen molar-refractivity contribution in [2.45, 2.75) is 44.8 Å². The summed E-state index contributed by atoms with van der Waals surface area (Å²) in [6.07, 6.45) is 1.11. The van der Waals surface area contributed by atoms with Gasteiger partial charge in [-0.25, -0.2) is 9.18 Å². The summed E-state index contributed by atoms with van der Waals surface area (Å²) >= 11 is 3.11. The molecule has 1 saturated carbocycles. The van der Waals surface area contributed by atoms with Gasteiger partial charge in [0.15, 0.2) is 11.6 Å². The van der Waals surface area contributed by atoms with Gasteiger partial charge in [-0.3, -0.25) is 0 Å². The Hall–Kier alpha value is -1.30. The van der Waals surface area contributed by atoms with Crippen LogP contribution in [0.15, 0.2) is 22.7 Å². The molecule has 0 bridgehead atoms. The average molecular weight is 360 g/mol. The van der Waals surface area contributed by atoms with Crippen LogP contribution in [0.3, 0.4) is 0 Å². The minimum atomic E-state index is -0.544. The molecule has 6 heteroatoms.